The number of amides is 2. The molecule has 8 nitrogen and oxygen atoms in total. The third-order valence-corrected chi connectivity index (χ3v) is 2.80. The van der Waals surface area contributed by atoms with Crippen molar-refractivity contribution >= 4 is 29.6 Å². The summed E-state index contributed by atoms with van der Waals surface area (Å²) in [6, 6.07) is 2.51. The predicted octanol–water partition coefficient (Wildman–Crippen LogP) is 2.75. The van der Waals surface area contributed by atoms with Crippen LogP contribution in [0.1, 0.15) is 26.3 Å². The van der Waals surface area contributed by atoms with Gasteiger partial charge in [-0.05, 0) is 26.8 Å². The number of aromatic nitrogens is 1. The van der Waals surface area contributed by atoms with Crippen LogP contribution in [0.3, 0.4) is 0 Å². The summed E-state index contributed by atoms with van der Waals surface area (Å²) in [5, 5.41) is 19.2. The number of anilines is 1. The standard InChI is InChI=1S/C14H16ClFN4O4/c1-14(2,3)24-13(23)20(5-4-18-12(21)22)11-9(16)6-8(7-17)10(15)19-11/h6,18H,4-5H2,1-3H3,(H,21,22). The minimum absolute atomic E-state index is 0.187. The second-order valence-electron chi connectivity index (χ2n) is 5.61. The first-order chi connectivity index (χ1) is 11.0. The summed E-state index contributed by atoms with van der Waals surface area (Å²) in [5.74, 6) is -1.42. The quantitative estimate of drug-likeness (QED) is 0.799. The van der Waals surface area contributed by atoms with Crippen LogP contribution >= 0.6 is 11.6 Å². The van der Waals surface area contributed by atoms with E-state index in [1.165, 1.54) is 0 Å². The van der Waals surface area contributed by atoms with Gasteiger partial charge in [-0.3, -0.25) is 4.90 Å². The van der Waals surface area contributed by atoms with Crippen LogP contribution in [0.25, 0.3) is 0 Å². The number of ether oxygens (including phenoxy) is 1. The summed E-state index contributed by atoms with van der Waals surface area (Å²) in [6.07, 6.45) is -2.23. The van der Waals surface area contributed by atoms with Gasteiger partial charge in [-0.15, -0.1) is 0 Å². The highest BCUT2D eigenvalue weighted by Crippen LogP contribution is 2.24. The number of nitrogens with zero attached hydrogens (tertiary/aromatic N) is 3. The van der Waals surface area contributed by atoms with Crippen LogP contribution in [0.2, 0.25) is 5.15 Å². The molecule has 0 radical (unpaired) electrons. The SMILES string of the molecule is CC(C)(C)OC(=O)N(CCNC(=O)O)c1nc(Cl)c(C#N)cc1F. The van der Waals surface area contributed by atoms with Crippen molar-refractivity contribution in [2.24, 2.45) is 0 Å². The molecule has 2 amide bonds. The normalized spacial score (nSPS) is 10.7. The lowest BCUT2D eigenvalue weighted by atomic mass is 10.2. The highest BCUT2D eigenvalue weighted by molar-refractivity contribution is 6.30. The Labute approximate surface area is 142 Å². The molecule has 0 aromatic carbocycles. The molecule has 2 N–H and O–H groups in total. The number of nitrogens with one attached hydrogen (secondary N) is 1. The fourth-order valence-corrected chi connectivity index (χ4v) is 1.78. The molecule has 0 unspecified atom stereocenters. The van der Waals surface area contributed by atoms with E-state index in [1.54, 1.807) is 26.8 Å². The summed E-state index contributed by atoms with van der Waals surface area (Å²) >= 11 is 5.78. The van der Waals surface area contributed by atoms with Crippen LogP contribution in [-0.2, 0) is 4.74 Å². The molecule has 1 heterocycles. The first kappa shape index (κ1) is 19.4. The minimum atomic E-state index is -1.30. The van der Waals surface area contributed by atoms with Gasteiger partial charge in [0.05, 0.1) is 5.56 Å². The van der Waals surface area contributed by atoms with E-state index in [1.807, 2.05) is 0 Å². The number of carbonyl (C=O) groups excluding carboxylic acids is 1. The number of carbonyl (C=O) groups is 2. The van der Waals surface area contributed by atoms with Gasteiger partial charge < -0.3 is 15.2 Å². The van der Waals surface area contributed by atoms with Crippen molar-refractivity contribution in [1.82, 2.24) is 10.3 Å². The molecule has 0 atom stereocenters. The fraction of sp³-hybridized carbons (Fsp3) is 0.429. The number of carboxylic acid groups (broad SMARTS) is 1. The van der Waals surface area contributed by atoms with Gasteiger partial charge in [0.1, 0.15) is 16.8 Å². The molecule has 130 valence electrons. The first-order valence-electron chi connectivity index (χ1n) is 6.78. The maximum atomic E-state index is 14.2. The molecule has 0 aliphatic carbocycles. The Bertz CT molecular complexity index is 685. The van der Waals surface area contributed by atoms with E-state index >= 15 is 0 Å². The lowest BCUT2D eigenvalue weighted by Crippen LogP contribution is -2.42. The van der Waals surface area contributed by atoms with E-state index in [9.17, 15) is 14.0 Å². The number of nitriles is 1. The van der Waals surface area contributed by atoms with Crippen molar-refractivity contribution in [3.8, 4) is 6.07 Å². The van der Waals surface area contributed by atoms with Gasteiger partial charge in [-0.2, -0.15) is 5.26 Å². The fourth-order valence-electron chi connectivity index (χ4n) is 1.60. The molecule has 0 bridgehead atoms. The van der Waals surface area contributed by atoms with Crippen LogP contribution in [0.15, 0.2) is 6.07 Å². The third kappa shape index (κ3) is 5.55. The highest BCUT2D eigenvalue weighted by atomic mass is 35.5. The summed E-state index contributed by atoms with van der Waals surface area (Å²) < 4.78 is 19.3. The Hall–Kier alpha value is -2.60. The third-order valence-electron chi connectivity index (χ3n) is 2.51. The summed E-state index contributed by atoms with van der Waals surface area (Å²) in [4.78, 5) is 27.3. The van der Waals surface area contributed by atoms with Crippen LogP contribution in [-0.4, -0.2) is 41.0 Å². The average molecular weight is 359 g/mol. The van der Waals surface area contributed by atoms with Crippen molar-refractivity contribution in [1.29, 1.82) is 5.26 Å². The molecule has 0 saturated carbocycles. The van der Waals surface area contributed by atoms with Crippen LogP contribution in [0, 0.1) is 17.1 Å². The van der Waals surface area contributed by atoms with E-state index in [0.717, 1.165) is 11.0 Å². The maximum absolute atomic E-state index is 14.2. The molecule has 24 heavy (non-hydrogen) atoms. The van der Waals surface area contributed by atoms with Gasteiger partial charge in [0.15, 0.2) is 11.6 Å². The van der Waals surface area contributed by atoms with Crippen molar-refractivity contribution in [3.63, 3.8) is 0 Å². The molecular weight excluding hydrogens is 343 g/mol. The van der Waals surface area contributed by atoms with Gasteiger partial charge in [0.25, 0.3) is 0 Å². The Balaban J connectivity index is 3.17. The smallest absolute Gasteiger partial charge is 0.416 e. The number of hydrogen-bond acceptors (Lipinski definition) is 5. The van der Waals surface area contributed by atoms with Gasteiger partial charge in [-0.1, -0.05) is 11.6 Å². The molecule has 10 heteroatoms. The molecule has 1 aromatic rings. The minimum Gasteiger partial charge on any atom is -0.465 e. The number of hydrogen-bond donors (Lipinski definition) is 2. The summed E-state index contributed by atoms with van der Waals surface area (Å²) in [6.45, 7) is 4.43. The lowest BCUT2D eigenvalue weighted by Gasteiger charge is -2.27. The number of halogens is 2. The van der Waals surface area contributed by atoms with Crippen molar-refractivity contribution in [2.45, 2.75) is 26.4 Å². The molecule has 1 rings (SSSR count). The van der Waals surface area contributed by atoms with E-state index < -0.39 is 29.4 Å². The second kappa shape index (κ2) is 7.79. The number of rotatable bonds is 4. The molecule has 0 saturated heterocycles. The summed E-state index contributed by atoms with van der Waals surface area (Å²) in [7, 11) is 0. The predicted molar refractivity (Wildman–Crippen MR) is 83.5 cm³/mol. The first-order valence-corrected chi connectivity index (χ1v) is 7.16. The van der Waals surface area contributed by atoms with Crippen molar-refractivity contribution in [3.05, 3.63) is 22.6 Å². The monoisotopic (exact) mass is 358 g/mol. The zero-order valence-corrected chi connectivity index (χ0v) is 14.0. The van der Waals surface area contributed by atoms with E-state index in [2.05, 4.69) is 10.3 Å². The average Bonchev–Trinajstić information content (AvgIpc) is 2.43. The molecule has 0 fully saturated rings. The Kier molecular flexibility index (Phi) is 6.31. The Morgan fingerprint density at radius 3 is 2.67 bits per heavy atom. The number of pyridine rings is 1. The molecule has 0 aliphatic heterocycles. The van der Waals surface area contributed by atoms with E-state index in [0.29, 0.717) is 0 Å². The van der Waals surface area contributed by atoms with Gasteiger partial charge in [0.2, 0.25) is 0 Å². The maximum Gasteiger partial charge on any atom is 0.416 e. The van der Waals surface area contributed by atoms with Gasteiger partial charge in [0, 0.05) is 13.1 Å². The topological polar surface area (TPSA) is 116 Å². The van der Waals surface area contributed by atoms with Gasteiger partial charge >= 0.3 is 12.2 Å². The summed E-state index contributed by atoms with van der Waals surface area (Å²) in [5.41, 5.74) is -1.05. The molecular formula is C14H16ClFN4O4. The Morgan fingerprint density at radius 2 is 2.17 bits per heavy atom. The largest absolute Gasteiger partial charge is 0.465 e. The van der Waals surface area contributed by atoms with Crippen molar-refractivity contribution in [2.75, 3.05) is 18.0 Å². The molecule has 0 spiro atoms. The zero-order chi connectivity index (χ0) is 18.5. The van der Waals surface area contributed by atoms with Crippen LogP contribution in [0.5, 0.6) is 0 Å². The van der Waals surface area contributed by atoms with E-state index in [4.69, 9.17) is 26.7 Å². The lowest BCUT2D eigenvalue weighted by molar-refractivity contribution is 0.0577. The van der Waals surface area contributed by atoms with Crippen LogP contribution in [0.4, 0.5) is 19.8 Å². The molecule has 0 aliphatic rings. The van der Waals surface area contributed by atoms with Crippen molar-refractivity contribution < 1.29 is 23.8 Å². The van der Waals surface area contributed by atoms with Gasteiger partial charge in [-0.25, -0.2) is 19.0 Å². The zero-order valence-electron chi connectivity index (χ0n) is 13.3. The second-order valence-corrected chi connectivity index (χ2v) is 5.97. The Morgan fingerprint density at radius 1 is 1.54 bits per heavy atom. The molecule has 1 aromatic heterocycles. The highest BCUT2D eigenvalue weighted by Gasteiger charge is 2.27. The van der Waals surface area contributed by atoms with Crippen LogP contribution < -0.4 is 10.2 Å². The van der Waals surface area contributed by atoms with E-state index in [-0.39, 0.29) is 23.8 Å².